The minimum Gasteiger partial charge on any atom is -0.379 e. The number of H-pyrrole nitrogens is 1. The molecule has 0 saturated carbocycles. The van der Waals surface area contributed by atoms with Crippen LogP contribution in [0.1, 0.15) is 11.1 Å². The molecular weight excluding hydrogens is 436 g/mol. The average Bonchev–Trinajstić information content (AvgIpc) is 3.16. The molecule has 2 N–H and O–H groups in total. The Hall–Kier alpha value is -2.40. The number of carbonyl (C=O) groups excluding carboxylic acids is 1. The van der Waals surface area contributed by atoms with Crippen LogP contribution in [0.5, 0.6) is 0 Å². The second-order valence-corrected chi connectivity index (χ2v) is 10.3. The van der Waals surface area contributed by atoms with Gasteiger partial charge in [-0.15, -0.1) is 0 Å². The normalized spacial score (nSPS) is 15.3. The molecule has 0 bridgehead atoms. The summed E-state index contributed by atoms with van der Waals surface area (Å²) >= 11 is 1.30. The van der Waals surface area contributed by atoms with Crippen molar-refractivity contribution in [1.82, 2.24) is 14.3 Å². The van der Waals surface area contributed by atoms with Crippen LogP contribution in [0.2, 0.25) is 0 Å². The van der Waals surface area contributed by atoms with E-state index < -0.39 is 10.0 Å². The number of nitrogens with one attached hydrogen (secondary N) is 2. The Morgan fingerprint density at radius 2 is 1.97 bits per heavy atom. The zero-order valence-electron chi connectivity index (χ0n) is 17.3. The summed E-state index contributed by atoms with van der Waals surface area (Å²) in [6.45, 7) is 5.25. The number of ether oxygens (including phenoxy) is 1. The third-order valence-corrected chi connectivity index (χ3v) is 7.81. The van der Waals surface area contributed by atoms with Crippen molar-refractivity contribution in [2.24, 2.45) is 0 Å². The molecule has 1 aliphatic rings. The van der Waals surface area contributed by atoms with Crippen LogP contribution in [-0.4, -0.2) is 60.7 Å². The molecule has 1 fully saturated rings. The molecule has 1 amide bonds. The van der Waals surface area contributed by atoms with E-state index in [1.807, 2.05) is 32.0 Å². The van der Waals surface area contributed by atoms with Gasteiger partial charge in [0.15, 0.2) is 5.16 Å². The molecule has 0 spiro atoms. The SMILES string of the molecule is Cc1ccc2nc(SCC(=O)Nc3cc(S(=O)(=O)N4CCOCC4)ccc3C)[nH]c2c1. The van der Waals surface area contributed by atoms with Gasteiger partial charge in [0.1, 0.15) is 0 Å². The van der Waals surface area contributed by atoms with E-state index in [0.29, 0.717) is 37.1 Å². The number of morpholine rings is 1. The molecule has 164 valence electrons. The Kier molecular flexibility index (Phi) is 6.33. The van der Waals surface area contributed by atoms with Gasteiger partial charge in [0, 0.05) is 18.8 Å². The van der Waals surface area contributed by atoms with Crippen molar-refractivity contribution in [2.75, 3.05) is 37.4 Å². The highest BCUT2D eigenvalue weighted by Crippen LogP contribution is 2.25. The number of amides is 1. The zero-order valence-corrected chi connectivity index (χ0v) is 19.0. The van der Waals surface area contributed by atoms with Crippen molar-refractivity contribution < 1.29 is 17.9 Å². The lowest BCUT2D eigenvalue weighted by Crippen LogP contribution is -2.40. The minimum absolute atomic E-state index is 0.151. The van der Waals surface area contributed by atoms with E-state index >= 15 is 0 Å². The fourth-order valence-electron chi connectivity index (χ4n) is 3.32. The molecule has 10 heteroatoms. The van der Waals surface area contributed by atoms with E-state index in [1.165, 1.54) is 22.1 Å². The van der Waals surface area contributed by atoms with Gasteiger partial charge < -0.3 is 15.0 Å². The number of aromatic amines is 1. The largest absolute Gasteiger partial charge is 0.379 e. The number of aryl methyl sites for hydroxylation is 2. The number of hydrogen-bond acceptors (Lipinski definition) is 6. The van der Waals surface area contributed by atoms with Crippen molar-refractivity contribution in [3.63, 3.8) is 0 Å². The fourth-order valence-corrected chi connectivity index (χ4v) is 5.44. The average molecular weight is 461 g/mol. The van der Waals surface area contributed by atoms with Gasteiger partial charge in [-0.3, -0.25) is 4.79 Å². The maximum absolute atomic E-state index is 12.9. The van der Waals surface area contributed by atoms with Crippen LogP contribution < -0.4 is 5.32 Å². The van der Waals surface area contributed by atoms with Gasteiger partial charge in [-0.1, -0.05) is 23.9 Å². The Morgan fingerprint density at radius 1 is 1.19 bits per heavy atom. The van der Waals surface area contributed by atoms with Gasteiger partial charge in [0.05, 0.1) is 34.9 Å². The third-order valence-electron chi connectivity index (χ3n) is 5.05. The molecule has 3 aromatic rings. The summed E-state index contributed by atoms with van der Waals surface area (Å²) < 4.78 is 32.4. The van der Waals surface area contributed by atoms with E-state index in [2.05, 4.69) is 15.3 Å². The number of nitrogens with zero attached hydrogens (tertiary/aromatic N) is 2. The van der Waals surface area contributed by atoms with Crippen LogP contribution in [-0.2, 0) is 19.6 Å². The number of benzene rings is 2. The molecule has 1 aliphatic heterocycles. The number of fused-ring (bicyclic) bond motifs is 1. The maximum atomic E-state index is 12.9. The van der Waals surface area contributed by atoms with E-state index in [0.717, 1.165) is 22.2 Å². The highest BCUT2D eigenvalue weighted by molar-refractivity contribution is 7.99. The van der Waals surface area contributed by atoms with Crippen molar-refractivity contribution in [1.29, 1.82) is 0 Å². The number of hydrogen-bond donors (Lipinski definition) is 2. The lowest BCUT2D eigenvalue weighted by Gasteiger charge is -2.26. The van der Waals surface area contributed by atoms with Crippen LogP contribution in [0.4, 0.5) is 5.69 Å². The van der Waals surface area contributed by atoms with Crippen LogP contribution in [0, 0.1) is 13.8 Å². The molecular formula is C21H24N4O4S2. The summed E-state index contributed by atoms with van der Waals surface area (Å²) in [5.74, 6) is -0.0794. The van der Waals surface area contributed by atoms with Gasteiger partial charge in [0.25, 0.3) is 0 Å². The quantitative estimate of drug-likeness (QED) is 0.548. The lowest BCUT2D eigenvalue weighted by atomic mass is 10.2. The second kappa shape index (κ2) is 8.99. The van der Waals surface area contributed by atoms with Gasteiger partial charge in [-0.2, -0.15) is 4.31 Å². The van der Waals surface area contributed by atoms with Crippen LogP contribution in [0.15, 0.2) is 46.5 Å². The van der Waals surface area contributed by atoms with E-state index in [1.54, 1.807) is 12.1 Å². The van der Waals surface area contributed by atoms with E-state index in [4.69, 9.17) is 4.74 Å². The smallest absolute Gasteiger partial charge is 0.243 e. The van der Waals surface area contributed by atoms with Gasteiger partial charge in [-0.05, 0) is 49.2 Å². The van der Waals surface area contributed by atoms with Crippen LogP contribution in [0.3, 0.4) is 0 Å². The third kappa shape index (κ3) is 4.93. The first-order valence-electron chi connectivity index (χ1n) is 9.90. The van der Waals surface area contributed by atoms with Crippen LogP contribution in [0.25, 0.3) is 11.0 Å². The molecule has 0 atom stereocenters. The maximum Gasteiger partial charge on any atom is 0.243 e. The van der Waals surface area contributed by atoms with Crippen molar-refractivity contribution in [2.45, 2.75) is 23.9 Å². The highest BCUT2D eigenvalue weighted by atomic mass is 32.2. The summed E-state index contributed by atoms with van der Waals surface area (Å²) in [6.07, 6.45) is 0. The number of sulfonamides is 1. The lowest BCUT2D eigenvalue weighted by molar-refractivity contribution is -0.113. The van der Waals surface area contributed by atoms with Gasteiger partial charge in [-0.25, -0.2) is 13.4 Å². The molecule has 8 nitrogen and oxygen atoms in total. The van der Waals surface area contributed by atoms with E-state index in [9.17, 15) is 13.2 Å². The number of anilines is 1. The predicted octanol–water partition coefficient (Wildman–Crippen LogP) is 2.93. The Labute approximate surface area is 185 Å². The molecule has 31 heavy (non-hydrogen) atoms. The predicted molar refractivity (Wildman–Crippen MR) is 121 cm³/mol. The first-order valence-corrected chi connectivity index (χ1v) is 12.3. The molecule has 2 aromatic carbocycles. The van der Waals surface area contributed by atoms with Gasteiger partial charge >= 0.3 is 0 Å². The molecule has 1 aromatic heterocycles. The Balaban J connectivity index is 1.44. The zero-order chi connectivity index (χ0) is 22.0. The number of aromatic nitrogens is 2. The highest BCUT2D eigenvalue weighted by Gasteiger charge is 2.27. The second-order valence-electron chi connectivity index (χ2n) is 7.39. The number of rotatable bonds is 6. The molecule has 2 heterocycles. The summed E-state index contributed by atoms with van der Waals surface area (Å²) in [5, 5.41) is 3.49. The van der Waals surface area contributed by atoms with Crippen molar-refractivity contribution >= 4 is 44.4 Å². The Morgan fingerprint density at radius 3 is 2.74 bits per heavy atom. The molecule has 0 radical (unpaired) electrons. The minimum atomic E-state index is -3.63. The van der Waals surface area contributed by atoms with Crippen molar-refractivity contribution in [3.8, 4) is 0 Å². The fraction of sp³-hybridized carbons (Fsp3) is 0.333. The van der Waals surface area contributed by atoms with Gasteiger partial charge in [0.2, 0.25) is 15.9 Å². The standard InChI is InChI=1S/C21H24N4O4S2/c1-14-3-6-17-19(11-14)24-21(23-17)30-13-20(26)22-18-12-16(5-4-15(18)2)31(27,28)25-7-9-29-10-8-25/h3-6,11-12H,7-10,13H2,1-2H3,(H,22,26)(H,23,24). The monoisotopic (exact) mass is 460 g/mol. The number of carbonyl (C=O) groups is 1. The summed E-state index contributed by atoms with van der Waals surface area (Å²) in [4.78, 5) is 20.4. The summed E-state index contributed by atoms with van der Waals surface area (Å²) in [6, 6.07) is 10.7. The Bertz CT molecular complexity index is 1220. The molecule has 0 aliphatic carbocycles. The first-order chi connectivity index (χ1) is 14.8. The summed E-state index contributed by atoms with van der Waals surface area (Å²) in [7, 11) is -3.63. The summed E-state index contributed by atoms with van der Waals surface area (Å²) in [5.41, 5.74) is 4.19. The number of thioether (sulfide) groups is 1. The molecule has 4 rings (SSSR count). The topological polar surface area (TPSA) is 104 Å². The van der Waals surface area contributed by atoms with Crippen LogP contribution >= 0.6 is 11.8 Å². The molecule has 0 unspecified atom stereocenters. The first kappa shape index (κ1) is 21.8. The van der Waals surface area contributed by atoms with E-state index in [-0.39, 0.29) is 16.6 Å². The number of imidazole rings is 1. The molecule has 1 saturated heterocycles. The van der Waals surface area contributed by atoms with Crippen molar-refractivity contribution in [3.05, 3.63) is 47.5 Å².